The van der Waals surface area contributed by atoms with E-state index in [0.717, 1.165) is 32.0 Å². The minimum Gasteiger partial charge on any atom is -0.339 e. The smallest absolute Gasteiger partial charge is 0.271 e. The third-order valence-electron chi connectivity index (χ3n) is 3.63. The number of amides is 1. The monoisotopic (exact) mass is 331 g/mol. The Labute approximate surface area is 132 Å². The van der Waals surface area contributed by atoms with Crippen LogP contribution >= 0.6 is 23.2 Å². The summed E-state index contributed by atoms with van der Waals surface area (Å²) in [5.41, 5.74) is -0.177. The van der Waals surface area contributed by atoms with Gasteiger partial charge >= 0.3 is 0 Å². The second-order valence-electron chi connectivity index (χ2n) is 4.94. The lowest BCUT2D eigenvalue weighted by atomic mass is 10.0. The number of nitrogens with one attached hydrogen (secondary N) is 1. The van der Waals surface area contributed by atoms with Gasteiger partial charge in [-0.3, -0.25) is 14.9 Å². The standard InChI is InChI=1S/C13H15Cl2N3O3/c1-17(8-2-4-16-5-3-8)13(19)10-6-9(18(20)21)7-11(14)12(10)15/h6-8,16H,2-5H2,1H3. The Hall–Kier alpha value is -1.37. The Morgan fingerprint density at radius 2 is 2.00 bits per heavy atom. The van der Waals surface area contributed by atoms with E-state index < -0.39 is 4.92 Å². The van der Waals surface area contributed by atoms with E-state index in [2.05, 4.69) is 5.32 Å². The first-order valence-electron chi connectivity index (χ1n) is 6.53. The van der Waals surface area contributed by atoms with E-state index in [-0.39, 0.29) is 33.2 Å². The number of carbonyl (C=O) groups is 1. The summed E-state index contributed by atoms with van der Waals surface area (Å²) in [5, 5.41) is 14.2. The predicted molar refractivity (Wildman–Crippen MR) is 81.1 cm³/mol. The molecule has 0 atom stereocenters. The number of nitro benzene ring substituents is 1. The van der Waals surface area contributed by atoms with Crippen molar-refractivity contribution in [3.8, 4) is 0 Å². The van der Waals surface area contributed by atoms with Gasteiger partial charge in [0.2, 0.25) is 0 Å². The molecular weight excluding hydrogens is 317 g/mol. The first-order chi connectivity index (χ1) is 9.91. The quantitative estimate of drug-likeness (QED) is 0.682. The molecule has 0 bridgehead atoms. The van der Waals surface area contributed by atoms with Crippen molar-refractivity contribution in [1.29, 1.82) is 0 Å². The van der Waals surface area contributed by atoms with Crippen LogP contribution in [0, 0.1) is 10.1 Å². The molecular formula is C13H15Cl2N3O3. The van der Waals surface area contributed by atoms with E-state index in [0.29, 0.717) is 0 Å². The van der Waals surface area contributed by atoms with Gasteiger partial charge in [0.05, 0.1) is 20.5 Å². The fourth-order valence-corrected chi connectivity index (χ4v) is 2.79. The molecule has 1 aromatic carbocycles. The van der Waals surface area contributed by atoms with Crippen molar-refractivity contribution in [3.63, 3.8) is 0 Å². The van der Waals surface area contributed by atoms with Crippen LogP contribution in [0.2, 0.25) is 10.0 Å². The Morgan fingerprint density at radius 3 is 2.57 bits per heavy atom. The van der Waals surface area contributed by atoms with Crippen molar-refractivity contribution >= 4 is 34.8 Å². The van der Waals surface area contributed by atoms with Gasteiger partial charge < -0.3 is 10.2 Å². The van der Waals surface area contributed by atoms with Crippen LogP contribution in [0.15, 0.2) is 12.1 Å². The Kier molecular flexibility index (Phi) is 5.03. The van der Waals surface area contributed by atoms with E-state index in [1.54, 1.807) is 11.9 Å². The van der Waals surface area contributed by atoms with Crippen LogP contribution in [0.25, 0.3) is 0 Å². The zero-order valence-electron chi connectivity index (χ0n) is 11.4. The maximum atomic E-state index is 12.5. The predicted octanol–water partition coefficient (Wildman–Crippen LogP) is 2.73. The van der Waals surface area contributed by atoms with Crippen molar-refractivity contribution in [3.05, 3.63) is 37.9 Å². The molecule has 1 fully saturated rings. The fourth-order valence-electron chi connectivity index (χ4n) is 2.39. The van der Waals surface area contributed by atoms with Crippen molar-refractivity contribution in [2.24, 2.45) is 0 Å². The number of halogens is 2. The Balaban J connectivity index is 2.31. The van der Waals surface area contributed by atoms with Gasteiger partial charge in [-0.15, -0.1) is 0 Å². The van der Waals surface area contributed by atoms with Crippen LogP contribution in [-0.2, 0) is 0 Å². The lowest BCUT2D eigenvalue weighted by Gasteiger charge is -2.31. The third kappa shape index (κ3) is 3.45. The molecule has 0 radical (unpaired) electrons. The minimum absolute atomic E-state index is 0.00734. The average Bonchev–Trinajstić information content (AvgIpc) is 2.49. The number of carbonyl (C=O) groups excluding carboxylic acids is 1. The van der Waals surface area contributed by atoms with Gasteiger partial charge in [0.25, 0.3) is 11.6 Å². The van der Waals surface area contributed by atoms with E-state index in [1.165, 1.54) is 6.07 Å². The minimum atomic E-state index is -0.594. The highest BCUT2D eigenvalue weighted by atomic mass is 35.5. The van der Waals surface area contributed by atoms with Gasteiger partial charge in [0.15, 0.2) is 0 Å². The van der Waals surface area contributed by atoms with Crippen molar-refractivity contribution in [2.75, 3.05) is 20.1 Å². The number of nitro groups is 1. The zero-order valence-corrected chi connectivity index (χ0v) is 12.9. The molecule has 0 saturated carbocycles. The number of hydrogen-bond acceptors (Lipinski definition) is 4. The van der Waals surface area contributed by atoms with Crippen LogP contribution in [-0.4, -0.2) is 41.9 Å². The normalized spacial score (nSPS) is 15.8. The number of benzene rings is 1. The Bertz CT molecular complexity index is 574. The van der Waals surface area contributed by atoms with Crippen LogP contribution in [0.1, 0.15) is 23.2 Å². The molecule has 0 spiro atoms. The summed E-state index contributed by atoms with van der Waals surface area (Å²) in [6.45, 7) is 1.68. The molecule has 1 aromatic rings. The molecule has 0 aliphatic carbocycles. The topological polar surface area (TPSA) is 75.5 Å². The van der Waals surface area contributed by atoms with E-state index in [9.17, 15) is 14.9 Å². The highest BCUT2D eigenvalue weighted by Crippen LogP contribution is 2.32. The number of hydrogen-bond donors (Lipinski definition) is 1. The first-order valence-corrected chi connectivity index (χ1v) is 7.28. The number of piperidine rings is 1. The molecule has 1 N–H and O–H groups in total. The summed E-state index contributed by atoms with van der Waals surface area (Å²) in [7, 11) is 1.68. The molecule has 0 aromatic heterocycles. The molecule has 2 rings (SSSR count). The lowest BCUT2D eigenvalue weighted by Crippen LogP contribution is -2.44. The van der Waals surface area contributed by atoms with Crippen LogP contribution in [0.4, 0.5) is 5.69 Å². The second kappa shape index (κ2) is 6.60. The highest BCUT2D eigenvalue weighted by Gasteiger charge is 2.26. The van der Waals surface area contributed by atoms with E-state index in [1.807, 2.05) is 0 Å². The van der Waals surface area contributed by atoms with Gasteiger partial charge in [-0.1, -0.05) is 23.2 Å². The molecule has 1 heterocycles. The lowest BCUT2D eigenvalue weighted by molar-refractivity contribution is -0.384. The molecule has 1 aliphatic rings. The number of non-ortho nitro benzene ring substituents is 1. The van der Waals surface area contributed by atoms with Gasteiger partial charge in [-0.05, 0) is 25.9 Å². The van der Waals surface area contributed by atoms with E-state index >= 15 is 0 Å². The fraction of sp³-hybridized carbons (Fsp3) is 0.462. The number of rotatable bonds is 3. The van der Waals surface area contributed by atoms with Gasteiger partial charge in [-0.25, -0.2) is 0 Å². The molecule has 21 heavy (non-hydrogen) atoms. The molecule has 1 amide bonds. The van der Waals surface area contributed by atoms with Gasteiger partial charge in [-0.2, -0.15) is 0 Å². The van der Waals surface area contributed by atoms with E-state index in [4.69, 9.17) is 23.2 Å². The summed E-state index contributed by atoms with van der Waals surface area (Å²) in [5.74, 6) is -0.350. The number of nitrogens with zero attached hydrogens (tertiary/aromatic N) is 2. The maximum Gasteiger partial charge on any atom is 0.271 e. The third-order valence-corrected chi connectivity index (χ3v) is 4.43. The highest BCUT2D eigenvalue weighted by molar-refractivity contribution is 6.44. The second-order valence-corrected chi connectivity index (χ2v) is 5.73. The van der Waals surface area contributed by atoms with Crippen molar-refractivity contribution < 1.29 is 9.72 Å². The molecule has 8 heteroatoms. The zero-order chi connectivity index (χ0) is 15.6. The summed E-state index contributed by atoms with van der Waals surface area (Å²) in [6, 6.07) is 2.41. The first kappa shape index (κ1) is 16.0. The summed E-state index contributed by atoms with van der Waals surface area (Å²) in [6.07, 6.45) is 1.67. The molecule has 6 nitrogen and oxygen atoms in total. The molecule has 114 valence electrons. The largest absolute Gasteiger partial charge is 0.339 e. The van der Waals surface area contributed by atoms with Crippen LogP contribution in [0.5, 0.6) is 0 Å². The van der Waals surface area contributed by atoms with Crippen molar-refractivity contribution in [2.45, 2.75) is 18.9 Å². The SMILES string of the molecule is CN(C(=O)c1cc([N+](=O)[O-])cc(Cl)c1Cl)C1CCNCC1. The summed E-state index contributed by atoms with van der Waals surface area (Å²) in [4.78, 5) is 24.4. The van der Waals surface area contributed by atoms with Crippen LogP contribution < -0.4 is 5.32 Å². The summed E-state index contributed by atoms with van der Waals surface area (Å²) >= 11 is 11.9. The van der Waals surface area contributed by atoms with Gasteiger partial charge in [0, 0.05) is 25.2 Å². The van der Waals surface area contributed by atoms with Crippen molar-refractivity contribution in [1.82, 2.24) is 10.2 Å². The molecule has 1 aliphatic heterocycles. The average molecular weight is 332 g/mol. The maximum absolute atomic E-state index is 12.5. The molecule has 0 unspecified atom stereocenters. The van der Waals surface area contributed by atoms with Crippen LogP contribution in [0.3, 0.4) is 0 Å². The van der Waals surface area contributed by atoms with Gasteiger partial charge in [0.1, 0.15) is 0 Å². The Morgan fingerprint density at radius 1 is 1.38 bits per heavy atom. The summed E-state index contributed by atoms with van der Waals surface area (Å²) < 4.78 is 0. The molecule has 1 saturated heterocycles.